The number of nitrogens with two attached hydrogens (primary N) is 1. The molecule has 0 saturated carbocycles. The third-order valence-electron chi connectivity index (χ3n) is 7.18. The number of hydrogen-bond donors (Lipinski definition) is 5. The SMILES string of the molecule is CC(C)(C)NC(=O)c1ccccc1C[C@@H](O)[C@H](Cc1ccccc1)NC(=O)[C@H](CC(N)=O)NC(=O)c1ccc2cc(Cl)ccc2n1. The molecule has 10 nitrogen and oxygen atoms in total. The number of fused-ring (bicyclic) bond motifs is 1. The van der Waals surface area contributed by atoms with Crippen LogP contribution in [0.25, 0.3) is 10.9 Å². The molecule has 3 atom stereocenters. The molecule has 1 aromatic heterocycles. The fourth-order valence-electron chi connectivity index (χ4n) is 5.00. The van der Waals surface area contributed by atoms with Crippen molar-refractivity contribution in [3.63, 3.8) is 0 Å². The van der Waals surface area contributed by atoms with Crippen LogP contribution in [-0.2, 0) is 22.4 Å². The zero-order chi connectivity index (χ0) is 33.4. The number of rotatable bonds is 12. The lowest BCUT2D eigenvalue weighted by Gasteiger charge is -2.28. The standard InChI is InChI=1S/C35H38ClN5O5/c1-35(2,3)41-32(44)25-12-8-7-11-22(25)19-30(42)28(17-21-9-5-4-6-10-21)39-34(46)29(20-31(37)43)40-33(45)27-15-13-23-18-24(36)14-16-26(23)38-27/h4-16,18,28-30,42H,17,19-20H2,1-3H3,(H2,37,43)(H,39,46)(H,40,45)(H,41,44)/t28-,29-,30+/m0/s1. The second-order valence-corrected chi connectivity index (χ2v) is 12.6. The van der Waals surface area contributed by atoms with Crippen LogP contribution in [-0.4, -0.2) is 57.4 Å². The Kier molecular flexibility index (Phi) is 11.1. The predicted octanol–water partition coefficient (Wildman–Crippen LogP) is 3.72. The first kappa shape index (κ1) is 34.1. The maximum Gasteiger partial charge on any atom is 0.270 e. The average molecular weight is 644 g/mol. The summed E-state index contributed by atoms with van der Waals surface area (Å²) in [6.45, 7) is 5.63. The van der Waals surface area contributed by atoms with Crippen LogP contribution in [0.15, 0.2) is 84.9 Å². The molecule has 11 heteroatoms. The number of carbonyl (C=O) groups is 4. The lowest BCUT2D eigenvalue weighted by molar-refractivity contribution is -0.128. The summed E-state index contributed by atoms with van der Waals surface area (Å²) in [6, 6.07) is 22.2. The molecule has 0 unspecified atom stereocenters. The highest BCUT2D eigenvalue weighted by atomic mass is 35.5. The van der Waals surface area contributed by atoms with Gasteiger partial charge in [0.2, 0.25) is 11.8 Å². The van der Waals surface area contributed by atoms with Crippen LogP contribution in [0.1, 0.15) is 59.2 Å². The first-order valence-electron chi connectivity index (χ1n) is 14.9. The molecule has 0 aliphatic rings. The van der Waals surface area contributed by atoms with Crippen molar-refractivity contribution in [1.82, 2.24) is 20.9 Å². The van der Waals surface area contributed by atoms with Gasteiger partial charge in [0, 0.05) is 27.9 Å². The molecule has 0 fully saturated rings. The molecule has 0 aliphatic heterocycles. The van der Waals surface area contributed by atoms with Gasteiger partial charge < -0.3 is 26.8 Å². The molecule has 4 aromatic rings. The maximum atomic E-state index is 13.6. The summed E-state index contributed by atoms with van der Waals surface area (Å²) in [5, 5.41) is 21.1. The Morgan fingerprint density at radius 1 is 0.870 bits per heavy atom. The number of aromatic nitrogens is 1. The number of amides is 4. The molecule has 0 bridgehead atoms. The third kappa shape index (κ3) is 9.60. The van der Waals surface area contributed by atoms with Crippen molar-refractivity contribution < 1.29 is 24.3 Å². The monoisotopic (exact) mass is 643 g/mol. The minimum absolute atomic E-state index is 0.0307. The molecule has 0 radical (unpaired) electrons. The van der Waals surface area contributed by atoms with Crippen molar-refractivity contribution in [3.8, 4) is 0 Å². The Morgan fingerprint density at radius 3 is 2.26 bits per heavy atom. The van der Waals surface area contributed by atoms with Gasteiger partial charge in [0.25, 0.3) is 11.8 Å². The van der Waals surface area contributed by atoms with Crippen molar-refractivity contribution in [2.45, 2.75) is 63.8 Å². The maximum absolute atomic E-state index is 13.6. The fraction of sp³-hybridized carbons (Fsp3) is 0.286. The van der Waals surface area contributed by atoms with Gasteiger partial charge in [-0.2, -0.15) is 0 Å². The van der Waals surface area contributed by atoms with Gasteiger partial charge in [0.1, 0.15) is 11.7 Å². The van der Waals surface area contributed by atoms with E-state index in [0.717, 1.165) is 10.9 Å². The van der Waals surface area contributed by atoms with Crippen LogP contribution < -0.4 is 21.7 Å². The number of nitrogens with zero attached hydrogens (tertiary/aromatic N) is 1. The van der Waals surface area contributed by atoms with E-state index < -0.39 is 47.9 Å². The highest BCUT2D eigenvalue weighted by Gasteiger charge is 2.30. The topological polar surface area (TPSA) is 164 Å². The fourth-order valence-corrected chi connectivity index (χ4v) is 5.18. The van der Waals surface area contributed by atoms with Crippen LogP contribution >= 0.6 is 11.6 Å². The lowest BCUT2D eigenvalue weighted by Crippen LogP contribution is -2.54. The van der Waals surface area contributed by atoms with Gasteiger partial charge in [-0.05, 0) is 68.7 Å². The number of aliphatic hydroxyl groups excluding tert-OH is 1. The zero-order valence-electron chi connectivity index (χ0n) is 25.9. The highest BCUT2D eigenvalue weighted by Crippen LogP contribution is 2.19. The zero-order valence-corrected chi connectivity index (χ0v) is 26.7. The van der Waals surface area contributed by atoms with E-state index in [0.29, 0.717) is 21.7 Å². The summed E-state index contributed by atoms with van der Waals surface area (Å²) in [5.74, 6) is -2.48. The summed E-state index contributed by atoms with van der Waals surface area (Å²) in [5.41, 5.74) is 7.37. The van der Waals surface area contributed by atoms with Crippen molar-refractivity contribution >= 4 is 46.1 Å². The van der Waals surface area contributed by atoms with E-state index in [-0.39, 0.29) is 24.4 Å². The number of pyridine rings is 1. The first-order chi connectivity index (χ1) is 21.8. The first-order valence-corrected chi connectivity index (χ1v) is 15.2. The van der Waals surface area contributed by atoms with Crippen LogP contribution in [0.3, 0.4) is 0 Å². The molecule has 0 aliphatic carbocycles. The normalized spacial score (nSPS) is 13.3. The molecule has 0 saturated heterocycles. The average Bonchev–Trinajstić information content (AvgIpc) is 2.99. The Balaban J connectivity index is 1.56. The minimum Gasteiger partial charge on any atom is -0.391 e. The Labute approximate surface area is 272 Å². The van der Waals surface area contributed by atoms with Gasteiger partial charge in [-0.15, -0.1) is 0 Å². The summed E-state index contributed by atoms with van der Waals surface area (Å²) in [4.78, 5) is 56.2. The molecular weight excluding hydrogens is 606 g/mol. The largest absolute Gasteiger partial charge is 0.391 e. The van der Waals surface area contributed by atoms with Crippen LogP contribution in [0.2, 0.25) is 5.02 Å². The molecule has 3 aromatic carbocycles. The number of carbonyl (C=O) groups excluding carboxylic acids is 4. The van der Waals surface area contributed by atoms with Gasteiger partial charge in [-0.1, -0.05) is 66.2 Å². The van der Waals surface area contributed by atoms with E-state index >= 15 is 0 Å². The quantitative estimate of drug-likeness (QED) is 0.158. The second-order valence-electron chi connectivity index (χ2n) is 12.2. The summed E-state index contributed by atoms with van der Waals surface area (Å²) < 4.78 is 0. The van der Waals surface area contributed by atoms with Crippen LogP contribution in [0.4, 0.5) is 0 Å². The third-order valence-corrected chi connectivity index (χ3v) is 7.42. The van der Waals surface area contributed by atoms with Crippen molar-refractivity contribution in [3.05, 3.63) is 112 Å². The molecule has 46 heavy (non-hydrogen) atoms. The number of benzene rings is 3. The predicted molar refractivity (Wildman–Crippen MR) is 177 cm³/mol. The molecule has 1 heterocycles. The van der Waals surface area contributed by atoms with Crippen molar-refractivity contribution in [2.24, 2.45) is 5.73 Å². The molecular formula is C35H38ClN5O5. The smallest absolute Gasteiger partial charge is 0.270 e. The summed E-state index contributed by atoms with van der Waals surface area (Å²) >= 11 is 6.05. The number of halogens is 1. The van der Waals surface area contributed by atoms with E-state index in [1.165, 1.54) is 6.07 Å². The van der Waals surface area contributed by atoms with Gasteiger partial charge in [0.15, 0.2) is 0 Å². The van der Waals surface area contributed by atoms with Crippen LogP contribution in [0, 0.1) is 0 Å². The van der Waals surface area contributed by atoms with Gasteiger partial charge in [-0.25, -0.2) is 4.98 Å². The minimum atomic E-state index is -1.34. The van der Waals surface area contributed by atoms with Gasteiger partial charge >= 0.3 is 0 Å². The van der Waals surface area contributed by atoms with E-state index in [1.54, 1.807) is 48.5 Å². The van der Waals surface area contributed by atoms with Crippen molar-refractivity contribution in [1.29, 1.82) is 0 Å². The Bertz CT molecular complexity index is 1720. The van der Waals surface area contributed by atoms with E-state index in [1.807, 2.05) is 51.1 Å². The number of hydrogen-bond acceptors (Lipinski definition) is 6. The number of aliphatic hydroxyl groups is 1. The highest BCUT2D eigenvalue weighted by molar-refractivity contribution is 6.31. The summed E-state index contributed by atoms with van der Waals surface area (Å²) in [6.07, 6.45) is -1.35. The Hall–Kier alpha value is -4.80. The van der Waals surface area contributed by atoms with Gasteiger partial charge in [-0.3, -0.25) is 19.2 Å². The molecule has 4 amide bonds. The second kappa shape index (κ2) is 15.0. The molecule has 4 rings (SSSR count). The van der Waals surface area contributed by atoms with E-state index in [9.17, 15) is 24.3 Å². The van der Waals surface area contributed by atoms with E-state index in [4.69, 9.17) is 17.3 Å². The number of nitrogens with one attached hydrogen (secondary N) is 3. The summed E-state index contributed by atoms with van der Waals surface area (Å²) in [7, 11) is 0. The van der Waals surface area contributed by atoms with Crippen LogP contribution in [0.5, 0.6) is 0 Å². The lowest BCUT2D eigenvalue weighted by atomic mass is 9.93. The molecule has 0 spiro atoms. The van der Waals surface area contributed by atoms with E-state index in [2.05, 4.69) is 20.9 Å². The number of primary amides is 1. The Morgan fingerprint density at radius 2 is 1.57 bits per heavy atom. The van der Waals surface area contributed by atoms with Gasteiger partial charge in [0.05, 0.1) is 24.1 Å². The molecule has 240 valence electrons. The van der Waals surface area contributed by atoms with Crippen molar-refractivity contribution in [2.75, 3.05) is 0 Å². The molecule has 6 N–H and O–H groups in total.